The lowest BCUT2D eigenvalue weighted by Gasteiger charge is -2.19. The normalized spacial score (nSPS) is 11.9. The zero-order chi connectivity index (χ0) is 11.6. The van der Waals surface area contributed by atoms with Gasteiger partial charge in [-0.2, -0.15) is 0 Å². The van der Waals surface area contributed by atoms with Gasteiger partial charge in [0.15, 0.2) is 0 Å². The highest BCUT2D eigenvalue weighted by molar-refractivity contribution is 7.14. The summed E-state index contributed by atoms with van der Waals surface area (Å²) < 4.78 is 0. The highest BCUT2D eigenvalue weighted by Gasteiger charge is 2.11. The van der Waals surface area contributed by atoms with Crippen LogP contribution >= 0.6 is 22.7 Å². The van der Waals surface area contributed by atoms with Crippen molar-refractivity contribution < 1.29 is 0 Å². The van der Waals surface area contributed by atoms with Crippen molar-refractivity contribution in [3.8, 4) is 10.7 Å². The summed E-state index contributed by atoms with van der Waals surface area (Å²) in [5.41, 5.74) is 1.12. The predicted octanol–water partition coefficient (Wildman–Crippen LogP) is 3.15. The van der Waals surface area contributed by atoms with Gasteiger partial charge in [0.25, 0.3) is 0 Å². The topological polar surface area (TPSA) is 37.8 Å². The summed E-state index contributed by atoms with van der Waals surface area (Å²) in [5.74, 6) is 0. The molecule has 0 saturated heterocycles. The van der Waals surface area contributed by atoms with Gasteiger partial charge in [0, 0.05) is 29.0 Å². The van der Waals surface area contributed by atoms with Crippen LogP contribution in [-0.2, 0) is 6.54 Å². The first kappa shape index (κ1) is 11.7. The summed E-state index contributed by atoms with van der Waals surface area (Å²) in [4.78, 5) is 8.81. The standard InChI is InChI=1S/C11H15N3S2/c1-11(2,3)13-6-9-14-8(7-16-9)10-12-4-5-15-10/h4-5,7,13H,6H2,1-3H3. The number of hydrogen-bond acceptors (Lipinski definition) is 5. The van der Waals surface area contributed by atoms with E-state index in [0.717, 1.165) is 22.3 Å². The van der Waals surface area contributed by atoms with Crippen LogP contribution in [0.3, 0.4) is 0 Å². The van der Waals surface area contributed by atoms with E-state index < -0.39 is 0 Å². The van der Waals surface area contributed by atoms with Gasteiger partial charge in [0.2, 0.25) is 0 Å². The molecule has 0 fully saturated rings. The molecular weight excluding hydrogens is 238 g/mol. The molecule has 1 N–H and O–H groups in total. The van der Waals surface area contributed by atoms with Crippen molar-refractivity contribution in [2.75, 3.05) is 0 Å². The zero-order valence-electron chi connectivity index (χ0n) is 9.65. The molecule has 2 aromatic rings. The maximum absolute atomic E-state index is 4.56. The molecule has 0 amide bonds. The Morgan fingerprint density at radius 1 is 1.31 bits per heavy atom. The van der Waals surface area contributed by atoms with Gasteiger partial charge in [-0.15, -0.1) is 22.7 Å². The molecule has 0 aliphatic heterocycles. The second-order valence-electron chi connectivity index (χ2n) is 4.57. The number of hydrogen-bond donors (Lipinski definition) is 1. The first-order valence-corrected chi connectivity index (χ1v) is 6.90. The van der Waals surface area contributed by atoms with Crippen molar-refractivity contribution >= 4 is 22.7 Å². The Hall–Kier alpha value is -0.780. The van der Waals surface area contributed by atoms with Crippen LogP contribution in [0.5, 0.6) is 0 Å². The lowest BCUT2D eigenvalue weighted by molar-refractivity contribution is 0.424. The number of aromatic nitrogens is 2. The van der Waals surface area contributed by atoms with Crippen LogP contribution in [0.4, 0.5) is 0 Å². The molecule has 0 aromatic carbocycles. The third kappa shape index (κ3) is 3.10. The van der Waals surface area contributed by atoms with Crippen molar-refractivity contribution in [2.24, 2.45) is 0 Å². The first-order valence-electron chi connectivity index (χ1n) is 5.14. The van der Waals surface area contributed by atoms with Crippen molar-refractivity contribution in [1.29, 1.82) is 0 Å². The average Bonchev–Trinajstić information content (AvgIpc) is 2.84. The van der Waals surface area contributed by atoms with E-state index >= 15 is 0 Å². The summed E-state index contributed by atoms with van der Waals surface area (Å²) in [7, 11) is 0. The lowest BCUT2D eigenvalue weighted by Crippen LogP contribution is -2.34. The van der Waals surface area contributed by atoms with Gasteiger partial charge in [0.05, 0.1) is 0 Å². The Kier molecular flexibility index (Phi) is 3.37. The third-order valence-corrected chi connectivity index (χ3v) is 3.62. The molecule has 3 nitrogen and oxygen atoms in total. The van der Waals surface area contributed by atoms with E-state index in [1.807, 2.05) is 11.6 Å². The fourth-order valence-corrected chi connectivity index (χ4v) is 2.57. The number of thiazole rings is 2. The number of rotatable bonds is 3. The van der Waals surface area contributed by atoms with Crippen molar-refractivity contribution in [3.05, 3.63) is 22.0 Å². The summed E-state index contributed by atoms with van der Waals surface area (Å²) in [6.45, 7) is 7.28. The third-order valence-electron chi connectivity index (χ3n) is 1.97. The van der Waals surface area contributed by atoms with Gasteiger partial charge in [0.1, 0.15) is 15.7 Å². The molecule has 2 aromatic heterocycles. The quantitative estimate of drug-likeness (QED) is 0.913. The van der Waals surface area contributed by atoms with Crippen LogP contribution in [-0.4, -0.2) is 15.5 Å². The smallest absolute Gasteiger partial charge is 0.142 e. The van der Waals surface area contributed by atoms with Crippen LogP contribution < -0.4 is 5.32 Å². The summed E-state index contributed by atoms with van der Waals surface area (Å²) >= 11 is 3.31. The van der Waals surface area contributed by atoms with E-state index in [4.69, 9.17) is 0 Å². The summed E-state index contributed by atoms with van der Waals surface area (Å²) in [6, 6.07) is 0. The minimum Gasteiger partial charge on any atom is -0.306 e. The van der Waals surface area contributed by atoms with Gasteiger partial charge in [-0.05, 0) is 20.8 Å². The van der Waals surface area contributed by atoms with Gasteiger partial charge in [-0.1, -0.05) is 0 Å². The molecule has 86 valence electrons. The van der Waals surface area contributed by atoms with Crippen LogP contribution in [0.1, 0.15) is 25.8 Å². The Morgan fingerprint density at radius 3 is 2.75 bits per heavy atom. The van der Waals surface area contributed by atoms with Gasteiger partial charge in [-0.3, -0.25) is 0 Å². The van der Waals surface area contributed by atoms with Crippen LogP contribution in [0.2, 0.25) is 0 Å². The zero-order valence-corrected chi connectivity index (χ0v) is 11.3. The monoisotopic (exact) mass is 253 g/mol. The minimum atomic E-state index is 0.132. The predicted molar refractivity (Wildman–Crippen MR) is 69.8 cm³/mol. The van der Waals surface area contributed by atoms with E-state index in [9.17, 15) is 0 Å². The van der Waals surface area contributed by atoms with Gasteiger partial charge < -0.3 is 5.32 Å². The van der Waals surface area contributed by atoms with Crippen molar-refractivity contribution in [3.63, 3.8) is 0 Å². The maximum Gasteiger partial charge on any atom is 0.142 e. The molecule has 0 aliphatic carbocycles. The lowest BCUT2D eigenvalue weighted by atomic mass is 10.1. The highest BCUT2D eigenvalue weighted by Crippen LogP contribution is 2.23. The molecule has 16 heavy (non-hydrogen) atoms. The summed E-state index contributed by atoms with van der Waals surface area (Å²) in [6.07, 6.45) is 1.81. The maximum atomic E-state index is 4.56. The van der Waals surface area contributed by atoms with E-state index in [-0.39, 0.29) is 5.54 Å². The molecule has 0 aliphatic rings. The second kappa shape index (κ2) is 4.61. The molecule has 0 radical (unpaired) electrons. The molecule has 0 unspecified atom stereocenters. The van der Waals surface area contributed by atoms with Crippen LogP contribution in [0.15, 0.2) is 17.0 Å². The molecule has 2 rings (SSSR count). The Morgan fingerprint density at radius 2 is 2.12 bits per heavy atom. The van der Waals surface area contributed by atoms with E-state index in [0.29, 0.717) is 0 Å². The SMILES string of the molecule is CC(C)(C)NCc1nc(-c2nccs2)cs1. The fourth-order valence-electron chi connectivity index (χ4n) is 1.18. The van der Waals surface area contributed by atoms with E-state index in [1.165, 1.54) is 0 Å². The average molecular weight is 253 g/mol. The minimum absolute atomic E-state index is 0.132. The number of nitrogens with zero attached hydrogens (tertiary/aromatic N) is 2. The van der Waals surface area contributed by atoms with E-state index in [1.54, 1.807) is 22.7 Å². The Balaban J connectivity index is 2.03. The highest BCUT2D eigenvalue weighted by atomic mass is 32.1. The largest absolute Gasteiger partial charge is 0.306 e. The Labute approximate surface area is 104 Å². The van der Waals surface area contributed by atoms with Crippen molar-refractivity contribution in [1.82, 2.24) is 15.3 Å². The number of nitrogens with one attached hydrogen (secondary N) is 1. The molecule has 5 heteroatoms. The molecule has 0 spiro atoms. The summed E-state index contributed by atoms with van der Waals surface area (Å²) in [5, 5.41) is 9.58. The van der Waals surface area contributed by atoms with Crippen LogP contribution in [0, 0.1) is 0 Å². The molecule has 0 saturated carbocycles. The van der Waals surface area contributed by atoms with Gasteiger partial charge in [-0.25, -0.2) is 9.97 Å². The molecular formula is C11H15N3S2. The second-order valence-corrected chi connectivity index (χ2v) is 6.40. The fraction of sp³-hybridized carbons (Fsp3) is 0.455. The van der Waals surface area contributed by atoms with Gasteiger partial charge >= 0.3 is 0 Å². The van der Waals surface area contributed by atoms with E-state index in [2.05, 4.69) is 41.4 Å². The van der Waals surface area contributed by atoms with Crippen molar-refractivity contribution in [2.45, 2.75) is 32.9 Å². The first-order chi connectivity index (χ1) is 7.54. The molecule has 2 heterocycles. The van der Waals surface area contributed by atoms with Crippen LogP contribution in [0.25, 0.3) is 10.7 Å². The molecule has 0 bridgehead atoms. The molecule has 0 atom stereocenters. The Bertz CT molecular complexity index is 440.